The molecule has 2 N–H and O–H groups in total. The van der Waals surface area contributed by atoms with Crippen molar-refractivity contribution >= 4 is 17.8 Å². The fraction of sp³-hybridized carbons (Fsp3) is 0.318. The maximum Gasteiger partial charge on any atom is 0.308 e. The number of nitrogens with one attached hydrogen (secondary N) is 2. The predicted molar refractivity (Wildman–Crippen MR) is 109 cm³/mol. The maximum atomic E-state index is 12.1. The lowest BCUT2D eigenvalue weighted by Crippen LogP contribution is -2.30. The molecule has 0 aliphatic heterocycles. The van der Waals surface area contributed by atoms with Crippen LogP contribution in [0.5, 0.6) is 11.5 Å². The van der Waals surface area contributed by atoms with E-state index in [1.807, 2.05) is 24.3 Å². The van der Waals surface area contributed by atoms with E-state index in [1.54, 1.807) is 25.3 Å². The number of carbonyl (C=O) groups is 3. The third-order valence-corrected chi connectivity index (χ3v) is 4.12. The summed E-state index contributed by atoms with van der Waals surface area (Å²) >= 11 is 0. The Balaban J connectivity index is 1.62. The zero-order valence-electron chi connectivity index (χ0n) is 16.7. The smallest absolute Gasteiger partial charge is 0.308 e. The third kappa shape index (κ3) is 8.04. The molecular weight excluding hydrogens is 372 g/mol. The largest absolute Gasteiger partial charge is 0.497 e. The van der Waals surface area contributed by atoms with Crippen molar-refractivity contribution in [3.63, 3.8) is 0 Å². The van der Waals surface area contributed by atoms with E-state index in [-0.39, 0.29) is 11.8 Å². The molecule has 0 unspecified atom stereocenters. The summed E-state index contributed by atoms with van der Waals surface area (Å²) in [7, 11) is 1.62. The van der Waals surface area contributed by atoms with Gasteiger partial charge in [0, 0.05) is 32.0 Å². The van der Waals surface area contributed by atoms with E-state index in [2.05, 4.69) is 10.6 Å². The van der Waals surface area contributed by atoms with Gasteiger partial charge in [0.2, 0.25) is 5.91 Å². The van der Waals surface area contributed by atoms with Crippen molar-refractivity contribution in [2.45, 2.75) is 26.2 Å². The van der Waals surface area contributed by atoms with Crippen LogP contribution in [0.2, 0.25) is 0 Å². The monoisotopic (exact) mass is 398 g/mol. The average Bonchev–Trinajstić information content (AvgIpc) is 2.72. The summed E-state index contributed by atoms with van der Waals surface area (Å²) in [5.74, 6) is 0.393. The molecule has 2 rings (SSSR count). The van der Waals surface area contributed by atoms with Crippen LogP contribution in [-0.4, -0.2) is 38.0 Å². The first-order valence-electron chi connectivity index (χ1n) is 9.44. The summed E-state index contributed by atoms with van der Waals surface area (Å²) in [5.41, 5.74) is 1.48. The molecule has 7 heteroatoms. The van der Waals surface area contributed by atoms with E-state index in [1.165, 1.54) is 13.0 Å². The van der Waals surface area contributed by atoms with Crippen LogP contribution < -0.4 is 20.1 Å². The highest BCUT2D eigenvalue weighted by Gasteiger charge is 2.07. The summed E-state index contributed by atoms with van der Waals surface area (Å²) in [6.07, 6.45) is 1.68. The Labute approximate surface area is 170 Å². The fourth-order valence-electron chi connectivity index (χ4n) is 2.63. The van der Waals surface area contributed by atoms with Crippen molar-refractivity contribution in [2.24, 2.45) is 0 Å². The highest BCUT2D eigenvalue weighted by Crippen LogP contribution is 2.14. The Bertz CT molecular complexity index is 833. The minimum atomic E-state index is -0.440. The number of benzene rings is 2. The number of rotatable bonds is 10. The maximum absolute atomic E-state index is 12.1. The number of amides is 2. The van der Waals surface area contributed by atoms with Crippen molar-refractivity contribution in [3.05, 3.63) is 59.7 Å². The first-order chi connectivity index (χ1) is 14.0. The second kappa shape index (κ2) is 11.5. The number of hydrogen-bond acceptors (Lipinski definition) is 5. The van der Waals surface area contributed by atoms with Crippen LogP contribution in [0.1, 0.15) is 35.7 Å². The van der Waals surface area contributed by atoms with Crippen LogP contribution in [0.3, 0.4) is 0 Å². The SMILES string of the molecule is COc1ccc(CCC(=O)NCCCNC(=O)c2cccc(OC(C)=O)c2)cc1. The second-order valence-corrected chi connectivity index (χ2v) is 6.43. The van der Waals surface area contributed by atoms with Gasteiger partial charge in [-0.05, 0) is 48.7 Å². The van der Waals surface area contributed by atoms with Gasteiger partial charge in [-0.15, -0.1) is 0 Å². The van der Waals surface area contributed by atoms with Crippen molar-refractivity contribution in [1.29, 1.82) is 0 Å². The molecule has 0 heterocycles. The molecule has 0 saturated heterocycles. The molecule has 0 spiro atoms. The summed E-state index contributed by atoms with van der Waals surface area (Å²) in [6, 6.07) is 14.0. The molecule has 29 heavy (non-hydrogen) atoms. The molecule has 2 aromatic rings. The summed E-state index contributed by atoms with van der Waals surface area (Å²) in [5, 5.41) is 5.63. The highest BCUT2D eigenvalue weighted by molar-refractivity contribution is 5.94. The Morgan fingerprint density at radius 2 is 1.66 bits per heavy atom. The number of esters is 1. The van der Waals surface area contributed by atoms with Crippen LogP contribution in [0.15, 0.2) is 48.5 Å². The molecule has 2 aromatic carbocycles. The van der Waals surface area contributed by atoms with Gasteiger partial charge in [0.1, 0.15) is 11.5 Å². The first kappa shape index (κ1) is 21.9. The Hall–Kier alpha value is -3.35. The van der Waals surface area contributed by atoms with Gasteiger partial charge in [0.05, 0.1) is 7.11 Å². The molecule has 0 aromatic heterocycles. The molecule has 0 aliphatic rings. The fourth-order valence-corrected chi connectivity index (χ4v) is 2.63. The van der Waals surface area contributed by atoms with Gasteiger partial charge in [0.25, 0.3) is 5.91 Å². The number of carbonyl (C=O) groups excluding carboxylic acids is 3. The summed E-state index contributed by atoms with van der Waals surface area (Å²) < 4.78 is 10.1. The number of methoxy groups -OCH3 is 1. The Kier molecular flexibility index (Phi) is 8.69. The minimum absolute atomic E-state index is 0.0266. The molecule has 7 nitrogen and oxygen atoms in total. The number of ether oxygens (including phenoxy) is 2. The van der Waals surface area contributed by atoms with Crippen LogP contribution in [0.4, 0.5) is 0 Å². The van der Waals surface area contributed by atoms with Crippen LogP contribution in [-0.2, 0) is 16.0 Å². The van der Waals surface area contributed by atoms with E-state index in [0.29, 0.717) is 43.7 Å². The van der Waals surface area contributed by atoms with Crippen LogP contribution in [0.25, 0.3) is 0 Å². The predicted octanol–water partition coefficient (Wildman–Crippen LogP) is 2.49. The van der Waals surface area contributed by atoms with Crippen molar-refractivity contribution in [3.8, 4) is 11.5 Å². The van der Waals surface area contributed by atoms with E-state index < -0.39 is 5.97 Å². The number of aryl methyl sites for hydroxylation is 1. The zero-order valence-corrected chi connectivity index (χ0v) is 16.7. The van der Waals surface area contributed by atoms with Crippen LogP contribution >= 0.6 is 0 Å². The number of hydrogen-bond donors (Lipinski definition) is 2. The molecular formula is C22H26N2O5. The molecule has 0 aliphatic carbocycles. The van der Waals surface area contributed by atoms with Gasteiger partial charge in [-0.25, -0.2) is 0 Å². The average molecular weight is 398 g/mol. The van der Waals surface area contributed by atoms with Gasteiger partial charge in [-0.2, -0.15) is 0 Å². The van der Waals surface area contributed by atoms with Gasteiger partial charge >= 0.3 is 5.97 Å². The lowest BCUT2D eigenvalue weighted by atomic mass is 10.1. The lowest BCUT2D eigenvalue weighted by molar-refractivity contribution is -0.131. The molecule has 0 bridgehead atoms. The van der Waals surface area contributed by atoms with E-state index >= 15 is 0 Å². The topological polar surface area (TPSA) is 93.7 Å². The molecule has 0 atom stereocenters. The van der Waals surface area contributed by atoms with Gasteiger partial charge in [-0.3, -0.25) is 14.4 Å². The standard InChI is InChI=1S/C22H26N2O5/c1-16(25)29-20-6-3-5-18(15-20)22(27)24-14-4-13-23-21(26)12-9-17-7-10-19(28-2)11-8-17/h3,5-8,10-11,15H,4,9,12-14H2,1-2H3,(H,23,26)(H,24,27). The van der Waals surface area contributed by atoms with Crippen molar-refractivity contribution in [1.82, 2.24) is 10.6 Å². The lowest BCUT2D eigenvalue weighted by Gasteiger charge is -2.08. The quantitative estimate of drug-likeness (QED) is 0.364. The normalized spacial score (nSPS) is 10.1. The van der Waals surface area contributed by atoms with Crippen LogP contribution in [0, 0.1) is 0 Å². The van der Waals surface area contributed by atoms with E-state index in [0.717, 1.165) is 11.3 Å². The van der Waals surface area contributed by atoms with E-state index in [9.17, 15) is 14.4 Å². The van der Waals surface area contributed by atoms with Gasteiger partial charge < -0.3 is 20.1 Å². The zero-order chi connectivity index (χ0) is 21.1. The summed E-state index contributed by atoms with van der Waals surface area (Å²) in [4.78, 5) is 35.0. The Morgan fingerprint density at radius 1 is 0.931 bits per heavy atom. The minimum Gasteiger partial charge on any atom is -0.497 e. The molecule has 0 radical (unpaired) electrons. The third-order valence-electron chi connectivity index (χ3n) is 4.12. The van der Waals surface area contributed by atoms with E-state index in [4.69, 9.17) is 9.47 Å². The molecule has 0 fully saturated rings. The highest BCUT2D eigenvalue weighted by atomic mass is 16.5. The van der Waals surface area contributed by atoms with Gasteiger partial charge in [-0.1, -0.05) is 18.2 Å². The molecule has 2 amide bonds. The Morgan fingerprint density at radius 3 is 2.34 bits per heavy atom. The first-order valence-corrected chi connectivity index (χ1v) is 9.44. The van der Waals surface area contributed by atoms with Crippen molar-refractivity contribution in [2.75, 3.05) is 20.2 Å². The second-order valence-electron chi connectivity index (χ2n) is 6.43. The molecule has 0 saturated carbocycles. The van der Waals surface area contributed by atoms with Gasteiger partial charge in [0.15, 0.2) is 0 Å². The summed E-state index contributed by atoms with van der Waals surface area (Å²) in [6.45, 7) is 2.21. The molecule has 154 valence electrons. The van der Waals surface area contributed by atoms with Crippen molar-refractivity contribution < 1.29 is 23.9 Å².